The van der Waals surface area contributed by atoms with Gasteiger partial charge in [0.05, 0.1) is 24.9 Å². The molecule has 4 aliphatic rings. The molecule has 0 bridgehead atoms. The maximum atomic E-state index is 13.6. The minimum atomic E-state index is -1.01. The highest BCUT2D eigenvalue weighted by molar-refractivity contribution is 7.99. The Hall–Kier alpha value is -2.93. The second kappa shape index (κ2) is 16.7. The Labute approximate surface area is 286 Å². The van der Waals surface area contributed by atoms with Crippen LogP contribution in [0.5, 0.6) is 0 Å². The summed E-state index contributed by atoms with van der Waals surface area (Å²) < 4.78 is 24.2. The van der Waals surface area contributed by atoms with Crippen LogP contribution in [0.4, 0.5) is 0 Å². The summed E-state index contributed by atoms with van der Waals surface area (Å²) in [5.74, 6) is -0.872. The van der Waals surface area contributed by atoms with Crippen molar-refractivity contribution >= 4 is 40.6 Å². The SMILES string of the molecule is Cc1cc(=O)oc2cc([C@@H]3SC[C@@H](OC(=O)CN4CCCCC4)[C@H](OC(=O)CN4CCCCC4)[C@H]3OC(=O)CN3CCCCC3)ccc12. The van der Waals surface area contributed by atoms with Gasteiger partial charge in [-0.15, -0.1) is 11.8 Å². The third-order valence-corrected chi connectivity index (χ3v) is 11.4. The molecule has 0 saturated carbocycles. The van der Waals surface area contributed by atoms with Crippen molar-refractivity contribution < 1.29 is 33.0 Å². The maximum absolute atomic E-state index is 13.6. The summed E-state index contributed by atoms with van der Waals surface area (Å²) in [6.07, 6.45) is 6.90. The first kappa shape index (κ1) is 34.9. The van der Waals surface area contributed by atoms with Crippen LogP contribution in [0.15, 0.2) is 33.5 Å². The van der Waals surface area contributed by atoms with E-state index in [1.165, 1.54) is 17.8 Å². The zero-order valence-electron chi connectivity index (χ0n) is 28.1. The first-order chi connectivity index (χ1) is 23.3. The largest absolute Gasteiger partial charge is 0.456 e. The molecule has 0 radical (unpaired) electrons. The number of thioether (sulfide) groups is 1. The molecule has 4 atom stereocenters. The van der Waals surface area contributed by atoms with Gasteiger partial charge in [-0.05, 0) is 102 Å². The van der Waals surface area contributed by atoms with Crippen molar-refractivity contribution in [3.8, 4) is 0 Å². The number of nitrogens with zero attached hydrogens (tertiary/aromatic N) is 3. The Morgan fingerprint density at radius 1 is 0.708 bits per heavy atom. The van der Waals surface area contributed by atoms with Gasteiger partial charge in [0.25, 0.3) is 0 Å². The Balaban J connectivity index is 1.29. The summed E-state index contributed by atoms with van der Waals surface area (Å²) in [7, 11) is 0. The van der Waals surface area contributed by atoms with Gasteiger partial charge < -0.3 is 18.6 Å². The van der Waals surface area contributed by atoms with Crippen molar-refractivity contribution in [1.82, 2.24) is 14.7 Å². The maximum Gasteiger partial charge on any atom is 0.336 e. The molecule has 0 aliphatic carbocycles. The molecule has 1 aromatic heterocycles. The number of benzene rings is 1. The molecule has 0 unspecified atom stereocenters. The van der Waals surface area contributed by atoms with Crippen molar-refractivity contribution in [2.24, 2.45) is 0 Å². The first-order valence-electron chi connectivity index (χ1n) is 17.7. The summed E-state index contributed by atoms with van der Waals surface area (Å²) >= 11 is 1.49. The Bertz CT molecular complexity index is 1480. The molecule has 4 fully saturated rings. The lowest BCUT2D eigenvalue weighted by Crippen LogP contribution is -2.54. The Morgan fingerprint density at radius 2 is 1.21 bits per heavy atom. The third-order valence-electron chi connectivity index (χ3n) is 9.95. The fraction of sp³-hybridized carbons (Fsp3) is 0.667. The molecule has 2 aromatic rings. The smallest absolute Gasteiger partial charge is 0.336 e. The number of ether oxygens (including phenoxy) is 3. The summed E-state index contributed by atoms with van der Waals surface area (Å²) in [5.41, 5.74) is 1.57. The van der Waals surface area contributed by atoms with Crippen LogP contribution in [0.2, 0.25) is 0 Å². The zero-order valence-corrected chi connectivity index (χ0v) is 28.9. The third kappa shape index (κ3) is 9.19. The average Bonchev–Trinajstić information content (AvgIpc) is 3.07. The number of rotatable bonds is 10. The van der Waals surface area contributed by atoms with Crippen LogP contribution < -0.4 is 5.63 Å². The standard InChI is InChI=1S/C36H49N3O8S/c1-25-19-30(40)44-28-20-26(11-12-27(25)28)36-35(47-33(43)23-39-17-9-4-10-18-39)34(46-32(42)22-38-15-7-3-8-16-38)29(24-48-36)45-31(41)21-37-13-5-2-6-14-37/h11-12,19-20,29,34-36H,2-10,13-18,21-24H2,1H3/t29-,34+,35-,36+/m1/s1. The molecule has 4 saturated heterocycles. The van der Waals surface area contributed by atoms with Crippen LogP contribution >= 0.6 is 11.8 Å². The van der Waals surface area contributed by atoms with E-state index < -0.39 is 41.1 Å². The number of aryl methyl sites for hydroxylation is 1. The van der Waals surface area contributed by atoms with Crippen molar-refractivity contribution in [2.45, 2.75) is 88.3 Å². The molecule has 48 heavy (non-hydrogen) atoms. The molecular weight excluding hydrogens is 634 g/mol. The molecule has 0 amide bonds. The Kier molecular flexibility index (Phi) is 12.1. The lowest BCUT2D eigenvalue weighted by atomic mass is 9.97. The van der Waals surface area contributed by atoms with E-state index >= 15 is 0 Å². The van der Waals surface area contributed by atoms with E-state index in [9.17, 15) is 19.2 Å². The van der Waals surface area contributed by atoms with Crippen molar-refractivity contribution in [1.29, 1.82) is 0 Å². The lowest BCUT2D eigenvalue weighted by Gasteiger charge is -2.41. The first-order valence-corrected chi connectivity index (χ1v) is 18.8. The number of likely N-dealkylation sites (tertiary alicyclic amines) is 3. The number of esters is 3. The number of carbonyl (C=O) groups is 3. The minimum Gasteiger partial charge on any atom is -0.456 e. The Morgan fingerprint density at radius 3 is 1.75 bits per heavy atom. The lowest BCUT2D eigenvalue weighted by molar-refractivity contribution is -0.186. The number of piperidine rings is 3. The molecular formula is C36H49N3O8S. The molecule has 262 valence electrons. The highest BCUT2D eigenvalue weighted by Gasteiger charge is 2.48. The average molecular weight is 684 g/mol. The van der Waals surface area contributed by atoms with Crippen LogP contribution in [0.25, 0.3) is 11.0 Å². The predicted molar refractivity (Wildman–Crippen MR) is 183 cm³/mol. The molecule has 0 N–H and O–H groups in total. The highest BCUT2D eigenvalue weighted by atomic mass is 32.2. The fourth-order valence-electron chi connectivity index (χ4n) is 7.43. The predicted octanol–water partition coefficient (Wildman–Crippen LogP) is 4.08. The minimum absolute atomic E-state index is 0.123. The van der Waals surface area contributed by atoms with Gasteiger partial charge in [0.1, 0.15) is 5.58 Å². The number of hydrogen-bond donors (Lipinski definition) is 0. The van der Waals surface area contributed by atoms with Gasteiger partial charge in [-0.2, -0.15) is 0 Å². The van der Waals surface area contributed by atoms with Gasteiger partial charge in [0, 0.05) is 17.2 Å². The fourth-order valence-corrected chi connectivity index (χ4v) is 8.83. The summed E-state index contributed by atoms with van der Waals surface area (Å²) in [6, 6.07) is 7.11. The van der Waals surface area contributed by atoms with Crippen LogP contribution in [-0.4, -0.2) is 116 Å². The summed E-state index contributed by atoms with van der Waals surface area (Å²) in [6.45, 7) is 7.27. The van der Waals surface area contributed by atoms with Gasteiger partial charge in [-0.3, -0.25) is 29.1 Å². The highest BCUT2D eigenvalue weighted by Crippen LogP contribution is 2.43. The van der Waals surface area contributed by atoms with Gasteiger partial charge in [0.15, 0.2) is 18.3 Å². The summed E-state index contributed by atoms with van der Waals surface area (Å²) in [5, 5.41) is 0.349. The number of carbonyl (C=O) groups excluding carboxylic acids is 3. The number of fused-ring (bicyclic) bond motifs is 1. The molecule has 5 heterocycles. The van der Waals surface area contributed by atoms with Gasteiger partial charge in [-0.25, -0.2) is 4.79 Å². The van der Waals surface area contributed by atoms with Crippen molar-refractivity contribution in [3.05, 3.63) is 45.8 Å². The molecule has 12 heteroatoms. The second-order valence-corrected chi connectivity index (χ2v) is 14.9. The van der Waals surface area contributed by atoms with Crippen LogP contribution in [0, 0.1) is 6.92 Å². The van der Waals surface area contributed by atoms with E-state index in [0.29, 0.717) is 11.3 Å². The second-order valence-electron chi connectivity index (χ2n) is 13.7. The summed E-state index contributed by atoms with van der Waals surface area (Å²) in [4.78, 5) is 59.0. The van der Waals surface area contributed by atoms with Gasteiger partial charge >= 0.3 is 23.5 Å². The van der Waals surface area contributed by atoms with Crippen molar-refractivity contribution in [3.63, 3.8) is 0 Å². The molecule has 6 rings (SSSR count). The zero-order chi connectivity index (χ0) is 33.5. The van der Waals surface area contributed by atoms with Crippen LogP contribution in [0.3, 0.4) is 0 Å². The van der Waals surface area contributed by atoms with E-state index in [-0.39, 0.29) is 25.6 Å². The molecule has 4 aliphatic heterocycles. The van der Waals surface area contributed by atoms with E-state index in [4.69, 9.17) is 18.6 Å². The van der Waals surface area contributed by atoms with E-state index in [1.807, 2.05) is 25.1 Å². The van der Waals surface area contributed by atoms with Gasteiger partial charge in [-0.1, -0.05) is 31.4 Å². The van der Waals surface area contributed by atoms with Crippen molar-refractivity contribution in [2.75, 3.05) is 64.7 Å². The molecule has 11 nitrogen and oxygen atoms in total. The van der Waals surface area contributed by atoms with E-state index in [0.717, 1.165) is 114 Å². The normalized spacial score (nSPS) is 26.2. The topological polar surface area (TPSA) is 119 Å². The monoisotopic (exact) mass is 683 g/mol. The van der Waals surface area contributed by atoms with E-state index in [2.05, 4.69) is 14.7 Å². The van der Waals surface area contributed by atoms with Crippen LogP contribution in [0.1, 0.15) is 74.2 Å². The molecule has 1 aromatic carbocycles. The van der Waals surface area contributed by atoms with Gasteiger partial charge in [0.2, 0.25) is 0 Å². The quantitative estimate of drug-likeness (QED) is 0.204. The van der Waals surface area contributed by atoms with E-state index in [1.54, 1.807) is 0 Å². The van der Waals surface area contributed by atoms with Crippen LogP contribution in [-0.2, 0) is 28.6 Å². The molecule has 0 spiro atoms. The number of hydrogen-bond acceptors (Lipinski definition) is 12.